The summed E-state index contributed by atoms with van der Waals surface area (Å²) in [6, 6.07) is 5.16. The van der Waals surface area contributed by atoms with Crippen LogP contribution in [0.2, 0.25) is 10.0 Å². The number of carbonyl (C=O) groups is 1. The summed E-state index contributed by atoms with van der Waals surface area (Å²) in [5, 5.41) is 3.79. The molecule has 0 saturated heterocycles. The highest BCUT2D eigenvalue weighted by atomic mass is 35.5. The second-order valence-corrected chi connectivity index (χ2v) is 5.38. The first-order valence-corrected chi connectivity index (χ1v) is 6.04. The maximum Gasteiger partial charge on any atom is 0.224 e. The van der Waals surface area contributed by atoms with Crippen molar-refractivity contribution in [2.45, 2.75) is 25.8 Å². The van der Waals surface area contributed by atoms with Gasteiger partial charge < -0.3 is 11.1 Å². The predicted molar refractivity (Wildman–Crippen MR) is 78.7 cm³/mol. The topological polar surface area (TPSA) is 55.1 Å². The lowest BCUT2D eigenvalue weighted by Crippen LogP contribution is -2.49. The average molecular weight is 312 g/mol. The van der Waals surface area contributed by atoms with Gasteiger partial charge in [0.25, 0.3) is 0 Å². The second kappa shape index (κ2) is 7.19. The predicted octanol–water partition coefficient (Wildman–Crippen LogP) is 2.81. The van der Waals surface area contributed by atoms with E-state index < -0.39 is 5.54 Å². The van der Waals surface area contributed by atoms with Crippen LogP contribution >= 0.6 is 35.6 Å². The van der Waals surface area contributed by atoms with Gasteiger partial charge in [0, 0.05) is 12.1 Å². The van der Waals surface area contributed by atoms with E-state index in [1.165, 1.54) is 0 Å². The molecule has 0 fully saturated rings. The number of halogens is 3. The lowest BCUT2D eigenvalue weighted by Gasteiger charge is -2.24. The van der Waals surface area contributed by atoms with Gasteiger partial charge in [-0.05, 0) is 31.5 Å². The van der Waals surface area contributed by atoms with Gasteiger partial charge in [0.1, 0.15) is 0 Å². The van der Waals surface area contributed by atoms with Crippen molar-refractivity contribution in [2.75, 3.05) is 6.54 Å². The summed E-state index contributed by atoms with van der Waals surface area (Å²) in [4.78, 5) is 11.7. The number of amides is 1. The van der Waals surface area contributed by atoms with E-state index in [0.717, 1.165) is 5.56 Å². The molecule has 0 spiro atoms. The van der Waals surface area contributed by atoms with E-state index in [1.54, 1.807) is 18.2 Å². The Labute approximate surface area is 123 Å². The van der Waals surface area contributed by atoms with Crippen LogP contribution in [-0.4, -0.2) is 18.0 Å². The van der Waals surface area contributed by atoms with Gasteiger partial charge in [-0.25, -0.2) is 0 Å². The first kappa shape index (κ1) is 17.5. The summed E-state index contributed by atoms with van der Waals surface area (Å²) in [5.41, 5.74) is 5.97. The van der Waals surface area contributed by atoms with Crippen LogP contribution < -0.4 is 11.1 Å². The summed E-state index contributed by atoms with van der Waals surface area (Å²) in [6.45, 7) is 4.14. The van der Waals surface area contributed by atoms with Gasteiger partial charge in [0.2, 0.25) is 5.91 Å². The Morgan fingerprint density at radius 1 is 1.33 bits per heavy atom. The third kappa shape index (κ3) is 5.44. The van der Waals surface area contributed by atoms with Crippen molar-refractivity contribution in [3.63, 3.8) is 0 Å². The molecule has 0 atom stereocenters. The summed E-state index contributed by atoms with van der Waals surface area (Å²) >= 11 is 11.7. The minimum atomic E-state index is -0.396. The smallest absolute Gasteiger partial charge is 0.224 e. The maximum absolute atomic E-state index is 11.7. The van der Waals surface area contributed by atoms with Crippen molar-refractivity contribution in [1.82, 2.24) is 5.32 Å². The lowest BCUT2D eigenvalue weighted by molar-refractivity contribution is -0.121. The van der Waals surface area contributed by atoms with E-state index >= 15 is 0 Å². The van der Waals surface area contributed by atoms with E-state index in [-0.39, 0.29) is 24.7 Å². The molecule has 18 heavy (non-hydrogen) atoms. The fraction of sp³-hybridized carbons (Fsp3) is 0.417. The van der Waals surface area contributed by atoms with E-state index in [9.17, 15) is 4.79 Å². The van der Waals surface area contributed by atoms with Crippen molar-refractivity contribution in [3.8, 4) is 0 Å². The molecule has 1 rings (SSSR count). The molecular weight excluding hydrogens is 295 g/mol. The van der Waals surface area contributed by atoms with Gasteiger partial charge in [0.15, 0.2) is 0 Å². The normalized spacial score (nSPS) is 10.7. The third-order valence-electron chi connectivity index (χ3n) is 2.34. The van der Waals surface area contributed by atoms with Crippen LogP contribution in [-0.2, 0) is 11.2 Å². The molecule has 0 aliphatic heterocycles. The second-order valence-electron chi connectivity index (χ2n) is 4.56. The van der Waals surface area contributed by atoms with Crippen LogP contribution in [0.1, 0.15) is 19.4 Å². The molecule has 0 bridgehead atoms. The van der Waals surface area contributed by atoms with Gasteiger partial charge >= 0.3 is 0 Å². The molecule has 0 aliphatic rings. The molecule has 0 radical (unpaired) electrons. The van der Waals surface area contributed by atoms with Crippen molar-refractivity contribution in [2.24, 2.45) is 5.73 Å². The highest BCUT2D eigenvalue weighted by Crippen LogP contribution is 2.22. The van der Waals surface area contributed by atoms with E-state index in [1.807, 2.05) is 13.8 Å². The molecular formula is C12H17Cl3N2O. The molecule has 3 N–H and O–H groups in total. The van der Waals surface area contributed by atoms with Crippen LogP contribution in [0.5, 0.6) is 0 Å². The van der Waals surface area contributed by atoms with Crippen molar-refractivity contribution in [3.05, 3.63) is 33.8 Å². The Kier molecular flexibility index (Phi) is 7.00. The van der Waals surface area contributed by atoms with Crippen molar-refractivity contribution < 1.29 is 4.79 Å². The van der Waals surface area contributed by atoms with Crippen molar-refractivity contribution >= 4 is 41.5 Å². The Bertz CT molecular complexity index is 422. The molecule has 0 aliphatic carbocycles. The quantitative estimate of drug-likeness (QED) is 0.898. The first-order valence-electron chi connectivity index (χ1n) is 5.29. The molecule has 6 heteroatoms. The minimum absolute atomic E-state index is 0. The number of hydrogen-bond donors (Lipinski definition) is 2. The molecule has 1 aromatic carbocycles. The van der Waals surface area contributed by atoms with Gasteiger partial charge in [-0.1, -0.05) is 29.3 Å². The van der Waals surface area contributed by atoms with Gasteiger partial charge in [-0.15, -0.1) is 12.4 Å². The number of nitrogens with one attached hydrogen (secondary N) is 1. The summed E-state index contributed by atoms with van der Waals surface area (Å²) in [6.07, 6.45) is 0.264. The van der Waals surface area contributed by atoms with Crippen LogP contribution in [0, 0.1) is 0 Å². The molecule has 0 aromatic heterocycles. The number of carbonyl (C=O) groups excluding carboxylic acids is 1. The number of hydrogen-bond acceptors (Lipinski definition) is 2. The minimum Gasteiger partial charge on any atom is -0.350 e. The van der Waals surface area contributed by atoms with E-state index in [2.05, 4.69) is 5.32 Å². The average Bonchev–Trinajstić information content (AvgIpc) is 2.23. The van der Waals surface area contributed by atoms with Crippen LogP contribution in [0.15, 0.2) is 18.2 Å². The number of rotatable bonds is 4. The summed E-state index contributed by atoms with van der Waals surface area (Å²) in [5.74, 6) is -0.0844. The van der Waals surface area contributed by atoms with Gasteiger partial charge in [-0.3, -0.25) is 4.79 Å². The monoisotopic (exact) mass is 310 g/mol. The lowest BCUT2D eigenvalue weighted by atomic mass is 10.1. The zero-order chi connectivity index (χ0) is 13.1. The maximum atomic E-state index is 11.7. The summed E-state index contributed by atoms with van der Waals surface area (Å²) in [7, 11) is 0. The van der Waals surface area contributed by atoms with Crippen molar-refractivity contribution in [1.29, 1.82) is 0 Å². The standard InChI is InChI=1S/C12H16Cl2N2O.ClH/c1-12(2,7-15)16-11(17)6-8-3-4-9(13)10(14)5-8;/h3-5H,6-7,15H2,1-2H3,(H,16,17);1H. The highest BCUT2D eigenvalue weighted by Gasteiger charge is 2.18. The largest absolute Gasteiger partial charge is 0.350 e. The zero-order valence-electron chi connectivity index (χ0n) is 10.3. The first-order chi connectivity index (χ1) is 7.84. The fourth-order valence-electron chi connectivity index (χ4n) is 1.31. The SMILES string of the molecule is CC(C)(CN)NC(=O)Cc1ccc(Cl)c(Cl)c1.Cl. The van der Waals surface area contributed by atoms with E-state index in [4.69, 9.17) is 28.9 Å². The molecule has 0 saturated carbocycles. The molecule has 0 unspecified atom stereocenters. The van der Waals surface area contributed by atoms with Gasteiger partial charge in [0.05, 0.1) is 16.5 Å². The Morgan fingerprint density at radius 2 is 1.94 bits per heavy atom. The molecule has 0 heterocycles. The van der Waals surface area contributed by atoms with Crippen LogP contribution in [0.4, 0.5) is 0 Å². The fourth-order valence-corrected chi connectivity index (χ4v) is 1.63. The third-order valence-corrected chi connectivity index (χ3v) is 3.08. The Hall–Kier alpha value is -0.480. The zero-order valence-corrected chi connectivity index (χ0v) is 12.6. The Morgan fingerprint density at radius 3 is 2.44 bits per heavy atom. The Balaban J connectivity index is 0.00000289. The molecule has 3 nitrogen and oxygen atoms in total. The number of benzene rings is 1. The van der Waals surface area contributed by atoms with Crippen LogP contribution in [0.25, 0.3) is 0 Å². The van der Waals surface area contributed by atoms with Crippen LogP contribution in [0.3, 0.4) is 0 Å². The summed E-state index contributed by atoms with van der Waals surface area (Å²) < 4.78 is 0. The van der Waals surface area contributed by atoms with Gasteiger partial charge in [-0.2, -0.15) is 0 Å². The molecule has 1 aromatic rings. The molecule has 102 valence electrons. The highest BCUT2D eigenvalue weighted by molar-refractivity contribution is 6.42. The van der Waals surface area contributed by atoms with E-state index in [0.29, 0.717) is 16.6 Å². The molecule has 1 amide bonds. The number of nitrogens with two attached hydrogens (primary N) is 1.